The fraction of sp³-hybridized carbons (Fsp3) is 0.310. The number of nitrogens with zero attached hydrogens (tertiary/aromatic N) is 4. The van der Waals surface area contributed by atoms with Crippen molar-refractivity contribution in [3.05, 3.63) is 80.6 Å². The van der Waals surface area contributed by atoms with Crippen LogP contribution in [0.25, 0.3) is 22.0 Å². The van der Waals surface area contributed by atoms with Crippen LogP contribution in [0.4, 0.5) is 20.2 Å². The minimum atomic E-state index is -1.35. The molecule has 2 N–H and O–H groups in total. The first-order valence-corrected chi connectivity index (χ1v) is 13.5. The first-order chi connectivity index (χ1) is 20.1. The molecule has 0 spiro atoms. The highest BCUT2D eigenvalue weighted by Crippen LogP contribution is 2.38. The van der Waals surface area contributed by atoms with Crippen LogP contribution in [0.5, 0.6) is 0 Å². The summed E-state index contributed by atoms with van der Waals surface area (Å²) in [6.07, 6.45) is 4.44. The van der Waals surface area contributed by atoms with Gasteiger partial charge in [-0.25, -0.2) is 18.4 Å². The molecule has 2 aromatic heterocycles. The van der Waals surface area contributed by atoms with Crippen LogP contribution >= 0.6 is 0 Å². The van der Waals surface area contributed by atoms with Crippen LogP contribution in [-0.2, 0) is 11.5 Å². The van der Waals surface area contributed by atoms with E-state index < -0.39 is 28.7 Å². The maximum absolute atomic E-state index is 15.3. The number of carbonyl (C=O) groups is 2. The standard InChI is InChI=1S/C29H27F2N5O6/c1-16(37)32-15-35-13-20(29(41)42-35)17-2-5-24(22(30)10-17)33-6-8-34(9-7-33)26-12-25-19(11-23(26)31)27(38)21(28(39)40)14-36(25)18-3-4-18/h2,5,10-14,18H,3-4,6-9,15H2,1H3,(H,32,37)(H,39,40). The summed E-state index contributed by atoms with van der Waals surface area (Å²) in [5, 5.41) is 12.0. The van der Waals surface area contributed by atoms with E-state index in [1.807, 2.05) is 9.80 Å². The number of amides is 1. The van der Waals surface area contributed by atoms with Gasteiger partial charge in [-0.05, 0) is 42.7 Å². The summed E-state index contributed by atoms with van der Waals surface area (Å²) in [6, 6.07) is 7.23. The summed E-state index contributed by atoms with van der Waals surface area (Å²) in [6.45, 7) is 2.82. The lowest BCUT2D eigenvalue weighted by atomic mass is 10.1. The third kappa shape index (κ3) is 5.01. The molecule has 13 heteroatoms. The van der Waals surface area contributed by atoms with Gasteiger partial charge in [0.15, 0.2) is 0 Å². The van der Waals surface area contributed by atoms with Crippen LogP contribution in [-0.4, -0.2) is 52.5 Å². The molecule has 2 aromatic carbocycles. The van der Waals surface area contributed by atoms with Crippen molar-refractivity contribution in [2.24, 2.45) is 0 Å². The zero-order valence-corrected chi connectivity index (χ0v) is 22.6. The second-order valence-electron chi connectivity index (χ2n) is 10.5. The van der Waals surface area contributed by atoms with Crippen molar-refractivity contribution in [1.82, 2.24) is 14.6 Å². The Hall–Kier alpha value is -4.94. The number of carboxylic acid groups (broad SMARTS) is 1. The average Bonchev–Trinajstić information content (AvgIpc) is 3.73. The minimum Gasteiger partial charge on any atom is -0.477 e. The van der Waals surface area contributed by atoms with Crippen LogP contribution in [0.1, 0.15) is 36.2 Å². The zero-order valence-electron chi connectivity index (χ0n) is 22.6. The van der Waals surface area contributed by atoms with E-state index >= 15 is 8.78 Å². The Morgan fingerprint density at radius 2 is 1.64 bits per heavy atom. The molecule has 0 unspecified atom stereocenters. The Morgan fingerprint density at radius 3 is 2.26 bits per heavy atom. The Labute approximate surface area is 237 Å². The molecule has 218 valence electrons. The molecule has 6 rings (SSSR count). The number of carbonyl (C=O) groups excluding carboxylic acids is 1. The Balaban J connectivity index is 1.21. The molecule has 1 aliphatic carbocycles. The molecule has 1 aliphatic heterocycles. The number of hydrogen-bond acceptors (Lipinski definition) is 7. The highest BCUT2D eigenvalue weighted by Gasteiger charge is 2.29. The van der Waals surface area contributed by atoms with Crippen molar-refractivity contribution in [2.45, 2.75) is 32.5 Å². The molecule has 3 heterocycles. The largest absolute Gasteiger partial charge is 0.477 e. The first kappa shape index (κ1) is 27.2. The van der Waals surface area contributed by atoms with Crippen molar-refractivity contribution in [2.75, 3.05) is 36.0 Å². The van der Waals surface area contributed by atoms with Gasteiger partial charge in [0, 0.05) is 50.7 Å². The number of aromatic nitrogens is 2. The van der Waals surface area contributed by atoms with E-state index in [-0.39, 0.29) is 35.1 Å². The van der Waals surface area contributed by atoms with E-state index in [2.05, 4.69) is 5.32 Å². The topological polar surface area (TPSA) is 130 Å². The number of halogens is 2. The van der Waals surface area contributed by atoms with Gasteiger partial charge in [-0.2, -0.15) is 4.74 Å². The Kier molecular flexibility index (Phi) is 6.79. The molecule has 0 radical (unpaired) electrons. The number of hydrogen-bond donors (Lipinski definition) is 2. The quantitative estimate of drug-likeness (QED) is 0.342. The molecule has 4 aromatic rings. The first-order valence-electron chi connectivity index (χ1n) is 13.5. The lowest BCUT2D eigenvalue weighted by Gasteiger charge is -2.37. The maximum Gasteiger partial charge on any atom is 0.365 e. The highest BCUT2D eigenvalue weighted by atomic mass is 19.1. The lowest BCUT2D eigenvalue weighted by Crippen LogP contribution is -2.47. The number of anilines is 2. The van der Waals surface area contributed by atoms with Crippen LogP contribution in [0.3, 0.4) is 0 Å². The number of piperazine rings is 1. The van der Waals surface area contributed by atoms with Gasteiger partial charge in [-0.15, -0.1) is 0 Å². The normalized spacial score (nSPS) is 15.3. The van der Waals surface area contributed by atoms with Crippen molar-refractivity contribution >= 4 is 34.2 Å². The predicted octanol–water partition coefficient (Wildman–Crippen LogP) is 3.15. The van der Waals surface area contributed by atoms with Crippen LogP contribution < -0.4 is 26.2 Å². The summed E-state index contributed by atoms with van der Waals surface area (Å²) in [4.78, 5) is 51.4. The summed E-state index contributed by atoms with van der Waals surface area (Å²) in [5.74, 6) is -2.80. The molecule has 1 saturated heterocycles. The van der Waals surface area contributed by atoms with Crippen molar-refractivity contribution < 1.29 is 28.0 Å². The van der Waals surface area contributed by atoms with Gasteiger partial charge in [-0.3, -0.25) is 9.59 Å². The SMILES string of the molecule is CC(=O)NCn1cc(-c2ccc(N3CCN(c4cc5c(cc4F)c(=O)c(C(=O)O)cn5C4CC4)CC3)c(F)c2)c(=O)o1. The van der Waals surface area contributed by atoms with Crippen LogP contribution in [0.2, 0.25) is 0 Å². The van der Waals surface area contributed by atoms with E-state index in [0.29, 0.717) is 48.6 Å². The number of benzene rings is 2. The van der Waals surface area contributed by atoms with Crippen molar-refractivity contribution in [3.8, 4) is 11.1 Å². The van der Waals surface area contributed by atoms with Crippen LogP contribution in [0.15, 0.2) is 56.8 Å². The summed E-state index contributed by atoms with van der Waals surface area (Å²) < 4.78 is 38.5. The molecule has 0 atom stereocenters. The van der Waals surface area contributed by atoms with E-state index in [1.54, 1.807) is 22.8 Å². The van der Waals surface area contributed by atoms with E-state index in [0.717, 1.165) is 23.6 Å². The van der Waals surface area contributed by atoms with Gasteiger partial charge in [0.05, 0.1) is 28.7 Å². The van der Waals surface area contributed by atoms with E-state index in [1.165, 1.54) is 25.4 Å². The van der Waals surface area contributed by atoms with E-state index in [4.69, 9.17) is 4.52 Å². The minimum absolute atomic E-state index is 0.0309. The number of carboxylic acids is 1. The number of aromatic carboxylic acids is 1. The zero-order chi connectivity index (χ0) is 29.7. The molecule has 11 nitrogen and oxygen atoms in total. The fourth-order valence-corrected chi connectivity index (χ4v) is 5.37. The average molecular weight is 580 g/mol. The predicted molar refractivity (Wildman–Crippen MR) is 150 cm³/mol. The third-order valence-electron chi connectivity index (χ3n) is 7.67. The smallest absolute Gasteiger partial charge is 0.365 e. The molecule has 2 fully saturated rings. The number of rotatable bonds is 7. The number of fused-ring (bicyclic) bond motifs is 1. The second kappa shape index (κ2) is 10.5. The Bertz CT molecular complexity index is 1850. The summed E-state index contributed by atoms with van der Waals surface area (Å²) in [5.41, 5.74) is -0.155. The van der Waals surface area contributed by atoms with Gasteiger partial charge in [0.2, 0.25) is 11.3 Å². The number of pyridine rings is 1. The van der Waals surface area contributed by atoms with Gasteiger partial charge >= 0.3 is 11.6 Å². The lowest BCUT2D eigenvalue weighted by molar-refractivity contribution is -0.119. The third-order valence-corrected chi connectivity index (χ3v) is 7.67. The fourth-order valence-electron chi connectivity index (χ4n) is 5.37. The van der Waals surface area contributed by atoms with Gasteiger partial charge in [0.25, 0.3) is 0 Å². The molecule has 1 amide bonds. The van der Waals surface area contributed by atoms with Crippen molar-refractivity contribution in [1.29, 1.82) is 0 Å². The van der Waals surface area contributed by atoms with Crippen molar-refractivity contribution in [3.63, 3.8) is 0 Å². The van der Waals surface area contributed by atoms with Gasteiger partial charge in [-0.1, -0.05) is 6.07 Å². The molecule has 42 heavy (non-hydrogen) atoms. The molecule has 2 aliphatic rings. The van der Waals surface area contributed by atoms with Crippen LogP contribution in [0, 0.1) is 11.6 Å². The van der Waals surface area contributed by atoms with Gasteiger partial charge < -0.3 is 29.3 Å². The second-order valence-corrected chi connectivity index (χ2v) is 10.5. The highest BCUT2D eigenvalue weighted by molar-refractivity contribution is 5.93. The summed E-state index contributed by atoms with van der Waals surface area (Å²) >= 11 is 0. The molecular weight excluding hydrogens is 552 g/mol. The molecule has 0 bridgehead atoms. The summed E-state index contributed by atoms with van der Waals surface area (Å²) in [7, 11) is 0. The maximum atomic E-state index is 15.3. The molecular formula is C29H27F2N5O6. The number of nitrogens with one attached hydrogen (secondary N) is 1. The van der Waals surface area contributed by atoms with Gasteiger partial charge in [0.1, 0.15) is 23.9 Å². The molecule has 1 saturated carbocycles. The monoisotopic (exact) mass is 579 g/mol. The Morgan fingerprint density at radius 1 is 0.976 bits per heavy atom. The van der Waals surface area contributed by atoms with E-state index in [9.17, 15) is 24.3 Å².